The van der Waals surface area contributed by atoms with Gasteiger partial charge in [0.1, 0.15) is 30.5 Å². The second kappa shape index (κ2) is 6.24. The Morgan fingerprint density at radius 3 is 2.96 bits per heavy atom. The van der Waals surface area contributed by atoms with Crippen molar-refractivity contribution < 1.29 is 14.3 Å². The highest BCUT2D eigenvalue weighted by Gasteiger charge is 2.42. The van der Waals surface area contributed by atoms with Crippen LogP contribution in [-0.2, 0) is 16.1 Å². The highest BCUT2D eigenvalue weighted by atomic mass is 16.5. The zero-order valence-corrected chi connectivity index (χ0v) is 13.4. The van der Waals surface area contributed by atoms with E-state index in [-0.39, 0.29) is 24.1 Å². The number of nitrogens with one attached hydrogen (secondary N) is 1. The molecule has 2 aliphatic rings. The van der Waals surface area contributed by atoms with Crippen LogP contribution < -0.4 is 10.1 Å². The molecule has 0 radical (unpaired) electrons. The van der Waals surface area contributed by atoms with Gasteiger partial charge in [-0.05, 0) is 6.07 Å². The number of nitrogens with zero attached hydrogens (tertiary/aromatic N) is 3. The number of carbonyl (C=O) groups is 1. The molecular formula is C17H20N4O3. The largest absolute Gasteiger partial charge is 0.487 e. The maximum absolute atomic E-state index is 12.4. The van der Waals surface area contributed by atoms with E-state index in [1.54, 1.807) is 0 Å². The lowest BCUT2D eigenvalue weighted by molar-refractivity contribution is -0.123. The van der Waals surface area contributed by atoms with Crippen molar-refractivity contribution in [2.75, 3.05) is 13.2 Å². The van der Waals surface area contributed by atoms with E-state index < -0.39 is 0 Å². The van der Waals surface area contributed by atoms with Crippen LogP contribution in [0.4, 0.5) is 0 Å². The Hall–Kier alpha value is -2.41. The van der Waals surface area contributed by atoms with Gasteiger partial charge in [0, 0.05) is 24.8 Å². The fraction of sp³-hybridized carbons (Fsp3) is 0.471. The second-order valence-corrected chi connectivity index (χ2v) is 6.35. The van der Waals surface area contributed by atoms with Crippen molar-refractivity contribution in [1.29, 1.82) is 0 Å². The van der Waals surface area contributed by atoms with Crippen LogP contribution in [0.1, 0.15) is 30.9 Å². The fourth-order valence-corrected chi connectivity index (χ4v) is 3.50. The SMILES string of the molecule is O=C(Cn1cncn1)NC1CC2(CCOCC2)Oc2ccccc21. The summed E-state index contributed by atoms with van der Waals surface area (Å²) < 4.78 is 13.3. The maximum atomic E-state index is 12.4. The lowest BCUT2D eigenvalue weighted by atomic mass is 9.82. The standard InChI is InChI=1S/C17H20N4O3/c22-16(10-21-12-18-11-19-21)20-14-9-17(5-7-23-8-6-17)24-15-4-2-1-3-13(14)15/h1-4,11-12,14H,5-10H2,(H,20,22). The first-order valence-electron chi connectivity index (χ1n) is 8.22. The third-order valence-electron chi connectivity index (χ3n) is 4.71. The van der Waals surface area contributed by atoms with E-state index in [0.717, 1.165) is 30.6 Å². The van der Waals surface area contributed by atoms with E-state index in [1.165, 1.54) is 17.3 Å². The summed E-state index contributed by atoms with van der Waals surface area (Å²) in [4.78, 5) is 16.3. The topological polar surface area (TPSA) is 78.3 Å². The van der Waals surface area contributed by atoms with E-state index in [0.29, 0.717) is 13.2 Å². The van der Waals surface area contributed by atoms with Crippen molar-refractivity contribution >= 4 is 5.91 Å². The van der Waals surface area contributed by atoms with Gasteiger partial charge in [0.2, 0.25) is 5.91 Å². The van der Waals surface area contributed by atoms with Crippen LogP contribution in [0.3, 0.4) is 0 Å². The van der Waals surface area contributed by atoms with Gasteiger partial charge in [-0.15, -0.1) is 0 Å². The first-order chi connectivity index (χ1) is 11.7. The molecule has 1 spiro atoms. The van der Waals surface area contributed by atoms with Crippen molar-refractivity contribution in [3.63, 3.8) is 0 Å². The van der Waals surface area contributed by atoms with Gasteiger partial charge in [0.15, 0.2) is 0 Å². The molecule has 2 aliphatic heterocycles. The van der Waals surface area contributed by atoms with E-state index >= 15 is 0 Å². The lowest BCUT2D eigenvalue weighted by Crippen LogP contribution is -2.48. The summed E-state index contributed by atoms with van der Waals surface area (Å²) in [5.41, 5.74) is 0.777. The molecule has 1 aromatic heterocycles. The maximum Gasteiger partial charge on any atom is 0.242 e. The Labute approximate surface area is 140 Å². The monoisotopic (exact) mass is 328 g/mol. The normalized spacial score (nSPS) is 21.8. The van der Waals surface area contributed by atoms with Gasteiger partial charge in [-0.2, -0.15) is 5.10 Å². The number of para-hydroxylation sites is 1. The second-order valence-electron chi connectivity index (χ2n) is 6.35. The zero-order valence-electron chi connectivity index (χ0n) is 13.4. The molecule has 1 N–H and O–H groups in total. The van der Waals surface area contributed by atoms with E-state index in [9.17, 15) is 4.79 Å². The molecule has 0 saturated carbocycles. The number of ether oxygens (including phenoxy) is 2. The number of amides is 1. The van der Waals surface area contributed by atoms with Crippen molar-refractivity contribution in [2.24, 2.45) is 0 Å². The molecule has 7 nitrogen and oxygen atoms in total. The van der Waals surface area contributed by atoms with Crippen LogP contribution in [0.2, 0.25) is 0 Å². The number of benzene rings is 1. The summed E-state index contributed by atoms with van der Waals surface area (Å²) in [6, 6.07) is 7.86. The molecule has 1 fully saturated rings. The first-order valence-corrected chi connectivity index (χ1v) is 8.22. The summed E-state index contributed by atoms with van der Waals surface area (Å²) in [5.74, 6) is 0.779. The van der Waals surface area contributed by atoms with Crippen LogP contribution >= 0.6 is 0 Å². The Kier molecular flexibility index (Phi) is 3.93. The third-order valence-corrected chi connectivity index (χ3v) is 4.71. The Morgan fingerprint density at radius 1 is 1.33 bits per heavy atom. The summed E-state index contributed by atoms with van der Waals surface area (Å²) in [6.07, 6.45) is 5.41. The molecule has 7 heteroatoms. The third kappa shape index (κ3) is 2.99. The van der Waals surface area contributed by atoms with Crippen LogP contribution in [0.25, 0.3) is 0 Å². The lowest BCUT2D eigenvalue weighted by Gasteiger charge is -2.44. The molecule has 0 aliphatic carbocycles. The summed E-state index contributed by atoms with van der Waals surface area (Å²) in [5, 5.41) is 7.12. The average Bonchev–Trinajstić information content (AvgIpc) is 3.08. The molecule has 4 rings (SSSR count). The van der Waals surface area contributed by atoms with Gasteiger partial charge in [-0.25, -0.2) is 9.67 Å². The average molecular weight is 328 g/mol. The number of hydrogen-bond donors (Lipinski definition) is 1. The van der Waals surface area contributed by atoms with Crippen LogP contribution in [-0.4, -0.2) is 39.5 Å². The molecule has 1 unspecified atom stereocenters. The van der Waals surface area contributed by atoms with Gasteiger partial charge < -0.3 is 14.8 Å². The summed E-state index contributed by atoms with van der Waals surface area (Å²) in [7, 11) is 0. The minimum Gasteiger partial charge on any atom is -0.487 e. The molecule has 3 heterocycles. The van der Waals surface area contributed by atoms with Gasteiger partial charge >= 0.3 is 0 Å². The number of aromatic nitrogens is 3. The molecule has 1 atom stereocenters. The highest BCUT2D eigenvalue weighted by molar-refractivity contribution is 5.76. The van der Waals surface area contributed by atoms with Crippen molar-refractivity contribution in [3.05, 3.63) is 42.5 Å². The van der Waals surface area contributed by atoms with Crippen molar-refractivity contribution in [1.82, 2.24) is 20.1 Å². The molecular weight excluding hydrogens is 308 g/mol. The minimum atomic E-state index is -0.252. The number of fused-ring (bicyclic) bond motifs is 1. The van der Waals surface area contributed by atoms with Gasteiger partial charge in [-0.3, -0.25) is 4.79 Å². The molecule has 1 saturated heterocycles. The molecule has 1 amide bonds. The quantitative estimate of drug-likeness (QED) is 0.923. The first kappa shape index (κ1) is 15.1. The fourth-order valence-electron chi connectivity index (χ4n) is 3.50. The number of carbonyl (C=O) groups excluding carboxylic acids is 1. The summed E-state index contributed by atoms with van der Waals surface area (Å²) in [6.45, 7) is 1.55. The Balaban J connectivity index is 1.55. The van der Waals surface area contributed by atoms with Crippen molar-refractivity contribution in [2.45, 2.75) is 37.5 Å². The summed E-state index contributed by atoms with van der Waals surface area (Å²) >= 11 is 0. The highest BCUT2D eigenvalue weighted by Crippen LogP contribution is 2.43. The predicted octanol–water partition coefficient (Wildman–Crippen LogP) is 1.47. The smallest absolute Gasteiger partial charge is 0.242 e. The van der Waals surface area contributed by atoms with Crippen LogP contribution in [0, 0.1) is 0 Å². The Morgan fingerprint density at radius 2 is 2.17 bits per heavy atom. The van der Waals surface area contributed by atoms with E-state index in [4.69, 9.17) is 9.47 Å². The minimum absolute atomic E-state index is 0.0657. The van der Waals surface area contributed by atoms with Crippen molar-refractivity contribution in [3.8, 4) is 5.75 Å². The van der Waals surface area contributed by atoms with Gasteiger partial charge in [0.05, 0.1) is 19.3 Å². The number of rotatable bonds is 3. The van der Waals surface area contributed by atoms with Gasteiger partial charge in [0.25, 0.3) is 0 Å². The predicted molar refractivity (Wildman–Crippen MR) is 85.4 cm³/mol. The number of hydrogen-bond acceptors (Lipinski definition) is 5. The molecule has 24 heavy (non-hydrogen) atoms. The zero-order chi connectivity index (χ0) is 16.4. The van der Waals surface area contributed by atoms with E-state index in [1.807, 2.05) is 24.3 Å². The van der Waals surface area contributed by atoms with E-state index in [2.05, 4.69) is 15.4 Å². The molecule has 126 valence electrons. The molecule has 1 aromatic carbocycles. The molecule has 0 bridgehead atoms. The van der Waals surface area contributed by atoms with Gasteiger partial charge in [-0.1, -0.05) is 18.2 Å². The van der Waals surface area contributed by atoms with Crippen LogP contribution in [0.5, 0.6) is 5.75 Å². The van der Waals surface area contributed by atoms with Crippen LogP contribution in [0.15, 0.2) is 36.9 Å². The molecule has 2 aromatic rings. The Bertz CT molecular complexity index is 710.